The third kappa shape index (κ3) is 3.48. The molecule has 5 rings (SSSR count). The van der Waals surface area contributed by atoms with E-state index in [4.69, 9.17) is 9.47 Å². The first-order valence-electron chi connectivity index (χ1n) is 12.4. The highest BCUT2D eigenvalue weighted by Crippen LogP contribution is 2.58. The highest BCUT2D eigenvalue weighted by atomic mass is 32.2. The van der Waals surface area contributed by atoms with Crippen molar-refractivity contribution in [3.05, 3.63) is 23.8 Å². The van der Waals surface area contributed by atoms with Crippen molar-refractivity contribution in [2.45, 2.75) is 73.1 Å². The molecule has 0 radical (unpaired) electrons. The second-order valence-corrected chi connectivity index (χ2v) is 11.4. The first kappa shape index (κ1) is 23.7. The lowest BCUT2D eigenvalue weighted by Gasteiger charge is -2.44. The first-order valence-corrected chi connectivity index (χ1v) is 13.3. The number of fused-ring (bicyclic) bond motifs is 3. The first-order chi connectivity index (χ1) is 16.4. The van der Waals surface area contributed by atoms with Crippen molar-refractivity contribution >= 4 is 29.5 Å². The van der Waals surface area contributed by atoms with Crippen molar-refractivity contribution < 1.29 is 23.9 Å². The molecule has 34 heavy (non-hydrogen) atoms. The zero-order valence-corrected chi connectivity index (χ0v) is 21.1. The number of nitrogens with zero attached hydrogens (tertiary/aromatic N) is 2. The van der Waals surface area contributed by atoms with Gasteiger partial charge in [-0.3, -0.25) is 24.2 Å². The van der Waals surface area contributed by atoms with Crippen molar-refractivity contribution in [2.75, 3.05) is 27.8 Å². The average Bonchev–Trinajstić information content (AvgIpc) is 3.30. The van der Waals surface area contributed by atoms with Crippen LogP contribution in [0.2, 0.25) is 0 Å². The molecule has 1 aromatic carbocycles. The monoisotopic (exact) mass is 486 g/mol. The molecule has 2 amide bonds. The fourth-order valence-electron chi connectivity index (χ4n) is 6.83. The van der Waals surface area contributed by atoms with Crippen molar-refractivity contribution in [3.8, 4) is 5.75 Å². The van der Waals surface area contributed by atoms with Crippen LogP contribution in [-0.4, -0.2) is 66.2 Å². The lowest BCUT2D eigenvalue weighted by atomic mass is 9.75. The van der Waals surface area contributed by atoms with Crippen molar-refractivity contribution in [2.24, 2.45) is 11.8 Å². The Bertz CT molecular complexity index is 993. The van der Waals surface area contributed by atoms with Crippen LogP contribution in [0.15, 0.2) is 23.1 Å². The van der Waals surface area contributed by atoms with Crippen LogP contribution in [0, 0.1) is 11.8 Å². The Balaban J connectivity index is 1.56. The van der Waals surface area contributed by atoms with Gasteiger partial charge in [-0.05, 0) is 56.3 Å². The summed E-state index contributed by atoms with van der Waals surface area (Å²) in [6.07, 6.45) is 8.58. The van der Waals surface area contributed by atoms with Crippen LogP contribution in [0.25, 0.3) is 0 Å². The molecule has 4 fully saturated rings. The molecule has 8 heteroatoms. The lowest BCUT2D eigenvalue weighted by molar-refractivity contribution is -0.163. The molecule has 184 valence electrons. The Hall–Kier alpha value is -2.06. The molecule has 4 aliphatic rings. The predicted octanol–water partition coefficient (Wildman–Crippen LogP) is 3.80. The normalized spacial score (nSPS) is 32.0. The molecule has 1 aromatic rings. The maximum atomic E-state index is 13.4. The zero-order chi connectivity index (χ0) is 24.0. The highest BCUT2D eigenvalue weighted by Gasteiger charge is 2.72. The van der Waals surface area contributed by atoms with Crippen molar-refractivity contribution in [1.29, 1.82) is 0 Å². The molecule has 0 aromatic heterocycles. The highest BCUT2D eigenvalue weighted by molar-refractivity contribution is 8.00. The van der Waals surface area contributed by atoms with E-state index in [-0.39, 0.29) is 17.9 Å². The molecule has 7 nitrogen and oxygen atoms in total. The van der Waals surface area contributed by atoms with E-state index in [0.29, 0.717) is 18.2 Å². The molecule has 1 aliphatic carbocycles. The van der Waals surface area contributed by atoms with Crippen LogP contribution in [0.5, 0.6) is 5.75 Å². The van der Waals surface area contributed by atoms with Gasteiger partial charge in [-0.1, -0.05) is 25.3 Å². The molecule has 0 bridgehead atoms. The smallest absolute Gasteiger partial charge is 0.327 e. The average molecular weight is 487 g/mol. The third-order valence-electron chi connectivity index (χ3n) is 8.40. The maximum Gasteiger partial charge on any atom is 0.327 e. The summed E-state index contributed by atoms with van der Waals surface area (Å²) >= 11 is 1.88. The Morgan fingerprint density at radius 2 is 1.82 bits per heavy atom. The van der Waals surface area contributed by atoms with Gasteiger partial charge < -0.3 is 9.47 Å². The summed E-state index contributed by atoms with van der Waals surface area (Å²) in [7, 11) is 4.58. The second kappa shape index (κ2) is 9.19. The Morgan fingerprint density at radius 3 is 2.53 bits per heavy atom. The van der Waals surface area contributed by atoms with Crippen LogP contribution in [0.1, 0.15) is 63.0 Å². The van der Waals surface area contributed by atoms with Gasteiger partial charge in [0.25, 0.3) is 0 Å². The van der Waals surface area contributed by atoms with Gasteiger partial charge in [0, 0.05) is 23.2 Å². The number of carbonyl (C=O) groups excluding carboxylic acids is 3. The number of methoxy groups -OCH3 is 2. The largest absolute Gasteiger partial charge is 0.496 e. The van der Waals surface area contributed by atoms with E-state index in [0.717, 1.165) is 29.1 Å². The van der Waals surface area contributed by atoms with E-state index in [9.17, 15) is 14.4 Å². The van der Waals surface area contributed by atoms with Crippen molar-refractivity contribution in [3.63, 3.8) is 0 Å². The molecule has 3 saturated heterocycles. The summed E-state index contributed by atoms with van der Waals surface area (Å²) in [6.45, 7) is 0.651. The molecule has 0 N–H and O–H groups in total. The predicted molar refractivity (Wildman–Crippen MR) is 129 cm³/mol. The van der Waals surface area contributed by atoms with Crippen LogP contribution >= 0.6 is 11.8 Å². The number of rotatable bonds is 5. The van der Waals surface area contributed by atoms with E-state index >= 15 is 0 Å². The molecule has 4 atom stereocenters. The van der Waals surface area contributed by atoms with Gasteiger partial charge in [-0.2, -0.15) is 0 Å². The second-order valence-electron chi connectivity index (χ2n) is 10.0. The number of thioether (sulfide) groups is 1. The zero-order valence-electron chi connectivity index (χ0n) is 20.2. The summed E-state index contributed by atoms with van der Waals surface area (Å²) in [4.78, 5) is 44.3. The van der Waals surface area contributed by atoms with Crippen LogP contribution < -0.4 is 4.74 Å². The van der Waals surface area contributed by atoms with E-state index in [1.807, 2.05) is 17.8 Å². The quantitative estimate of drug-likeness (QED) is 0.463. The van der Waals surface area contributed by atoms with Gasteiger partial charge in [-0.15, -0.1) is 11.8 Å². The minimum absolute atomic E-state index is 0.211. The van der Waals surface area contributed by atoms with E-state index in [2.05, 4.69) is 17.0 Å². The molecular formula is C26H34N2O5S. The van der Waals surface area contributed by atoms with Gasteiger partial charge in [0.2, 0.25) is 11.8 Å². The Labute approximate surface area is 205 Å². The summed E-state index contributed by atoms with van der Waals surface area (Å²) in [5.74, 6) is -1.41. The summed E-state index contributed by atoms with van der Waals surface area (Å²) in [5, 5.41) is 0.598. The number of esters is 1. The van der Waals surface area contributed by atoms with Crippen LogP contribution in [-0.2, 0) is 19.1 Å². The topological polar surface area (TPSA) is 76.2 Å². The van der Waals surface area contributed by atoms with Gasteiger partial charge >= 0.3 is 5.97 Å². The minimum Gasteiger partial charge on any atom is -0.496 e. The van der Waals surface area contributed by atoms with E-state index in [1.165, 1.54) is 51.2 Å². The Morgan fingerprint density at radius 1 is 1.06 bits per heavy atom. The number of likely N-dealkylation sites (tertiary alicyclic amines) is 1. The fraction of sp³-hybridized carbons (Fsp3) is 0.654. The molecule has 3 heterocycles. The fourth-order valence-corrected chi connectivity index (χ4v) is 8.16. The van der Waals surface area contributed by atoms with Gasteiger partial charge in [0.05, 0.1) is 26.1 Å². The lowest BCUT2D eigenvalue weighted by Crippen LogP contribution is -2.59. The molecule has 0 unspecified atom stereocenters. The van der Waals surface area contributed by atoms with Crippen molar-refractivity contribution in [1.82, 2.24) is 9.80 Å². The SMILES string of the molecule is COC(=O)[C@@]12CCCCN1[C@H](c1ccc(SC3CCCCC3)c(OC)c1)[C@@H]1C(=O)N(C)C(=O)[C@@H]12. The van der Waals surface area contributed by atoms with Crippen LogP contribution in [0.3, 0.4) is 0 Å². The number of amides is 2. The molecular weight excluding hydrogens is 452 g/mol. The number of carbonyl (C=O) groups is 3. The van der Waals surface area contributed by atoms with Crippen LogP contribution in [0.4, 0.5) is 0 Å². The number of piperidine rings is 1. The summed E-state index contributed by atoms with van der Waals surface area (Å²) in [6, 6.07) is 5.81. The Kier molecular flexibility index (Phi) is 6.40. The number of benzene rings is 1. The molecule has 0 spiro atoms. The van der Waals surface area contributed by atoms with Gasteiger partial charge in [0.15, 0.2) is 0 Å². The number of ether oxygens (including phenoxy) is 2. The number of hydrogen-bond acceptors (Lipinski definition) is 7. The number of hydrogen-bond donors (Lipinski definition) is 0. The minimum atomic E-state index is -1.09. The van der Waals surface area contributed by atoms with Gasteiger partial charge in [0.1, 0.15) is 11.3 Å². The van der Waals surface area contributed by atoms with E-state index < -0.39 is 23.3 Å². The number of imide groups is 1. The molecule has 1 saturated carbocycles. The summed E-state index contributed by atoms with van der Waals surface area (Å²) in [5.41, 5.74) is -0.174. The third-order valence-corrected chi connectivity index (χ3v) is 9.79. The van der Waals surface area contributed by atoms with Gasteiger partial charge in [-0.25, -0.2) is 0 Å². The molecule has 3 aliphatic heterocycles. The summed E-state index contributed by atoms with van der Waals surface area (Å²) < 4.78 is 11.1. The maximum absolute atomic E-state index is 13.4. The van der Waals surface area contributed by atoms with E-state index in [1.54, 1.807) is 7.11 Å². The standard InChI is InChI=1S/C26H34N2O5S/c1-27-23(29)20-21(24(27)30)26(25(31)33-3)13-7-8-14-28(26)22(20)16-11-12-19(18(15-16)32-2)34-17-9-5-4-6-10-17/h11-12,15,17,20-22H,4-10,13-14H2,1-3H3/t20-,21-,22-,26+/m1/s1.